The number of hydrogen-bond donors (Lipinski definition) is 1. The lowest BCUT2D eigenvalue weighted by atomic mass is 10.0. The van der Waals surface area contributed by atoms with E-state index in [0.717, 1.165) is 12.5 Å². The normalized spacial score (nSPS) is 17.0. The summed E-state index contributed by atoms with van der Waals surface area (Å²) >= 11 is 1.82. The second kappa shape index (κ2) is 4.22. The summed E-state index contributed by atoms with van der Waals surface area (Å²) < 4.78 is 0. The fourth-order valence-corrected chi connectivity index (χ4v) is 2.87. The molecule has 1 aromatic rings. The van der Waals surface area contributed by atoms with Gasteiger partial charge in [-0.1, -0.05) is 6.92 Å². The third kappa shape index (κ3) is 2.79. The zero-order valence-electron chi connectivity index (χ0n) is 9.84. The van der Waals surface area contributed by atoms with E-state index in [2.05, 4.69) is 31.5 Å². The number of hydrogen-bond acceptors (Lipinski definition) is 3. The highest BCUT2D eigenvalue weighted by atomic mass is 32.1. The van der Waals surface area contributed by atoms with Gasteiger partial charge < -0.3 is 5.32 Å². The first-order valence-corrected chi connectivity index (χ1v) is 6.69. The molecule has 0 saturated heterocycles. The summed E-state index contributed by atoms with van der Waals surface area (Å²) in [7, 11) is 0. The van der Waals surface area contributed by atoms with E-state index >= 15 is 0 Å². The second-order valence-corrected chi connectivity index (χ2v) is 5.87. The fraction of sp³-hybridized carbons (Fsp3) is 0.750. The van der Waals surface area contributed by atoms with Crippen LogP contribution in [0.4, 0.5) is 0 Å². The van der Waals surface area contributed by atoms with Crippen LogP contribution >= 0.6 is 11.3 Å². The van der Waals surface area contributed by atoms with Crippen molar-refractivity contribution in [3.05, 3.63) is 16.1 Å². The van der Waals surface area contributed by atoms with Crippen LogP contribution in [0, 0.1) is 5.92 Å². The summed E-state index contributed by atoms with van der Waals surface area (Å²) in [5, 5.41) is 6.99. The summed E-state index contributed by atoms with van der Waals surface area (Å²) in [6.07, 6.45) is 4.02. The molecule has 1 aliphatic rings. The molecule has 1 saturated carbocycles. The zero-order chi connectivity index (χ0) is 10.9. The third-order valence-corrected chi connectivity index (χ3v) is 3.84. The molecule has 3 heteroatoms. The predicted octanol–water partition coefficient (Wildman–Crippen LogP) is 2.94. The second-order valence-electron chi connectivity index (χ2n) is 4.93. The highest BCUT2D eigenvalue weighted by Gasteiger charge is 2.26. The van der Waals surface area contributed by atoms with Gasteiger partial charge in [0.15, 0.2) is 0 Å². The Morgan fingerprint density at radius 2 is 2.27 bits per heavy atom. The molecule has 1 fully saturated rings. The van der Waals surface area contributed by atoms with Crippen LogP contribution in [0.15, 0.2) is 5.38 Å². The van der Waals surface area contributed by atoms with Gasteiger partial charge in [-0.05, 0) is 39.2 Å². The molecule has 0 bridgehead atoms. The van der Waals surface area contributed by atoms with E-state index in [1.165, 1.54) is 30.0 Å². The van der Waals surface area contributed by atoms with E-state index in [1.54, 1.807) is 0 Å². The molecule has 0 unspecified atom stereocenters. The van der Waals surface area contributed by atoms with Crippen molar-refractivity contribution in [3.8, 4) is 0 Å². The van der Waals surface area contributed by atoms with Gasteiger partial charge in [0.05, 0.1) is 16.2 Å². The van der Waals surface area contributed by atoms with Gasteiger partial charge >= 0.3 is 0 Å². The lowest BCUT2D eigenvalue weighted by Gasteiger charge is -2.23. The van der Waals surface area contributed by atoms with Crippen molar-refractivity contribution < 1.29 is 0 Å². The molecule has 84 valence electrons. The Hall–Kier alpha value is -0.410. The molecule has 0 atom stereocenters. The smallest absolute Gasteiger partial charge is 0.0931 e. The fourth-order valence-electron chi connectivity index (χ4n) is 1.79. The Morgan fingerprint density at radius 3 is 2.87 bits per heavy atom. The minimum absolute atomic E-state index is 0.0209. The molecule has 0 spiro atoms. The Morgan fingerprint density at radius 1 is 1.53 bits per heavy atom. The summed E-state index contributed by atoms with van der Waals surface area (Å²) in [4.78, 5) is 4.74. The minimum Gasteiger partial charge on any atom is -0.307 e. The van der Waals surface area contributed by atoms with Gasteiger partial charge in [-0.15, -0.1) is 11.3 Å². The van der Waals surface area contributed by atoms with Gasteiger partial charge in [0.25, 0.3) is 0 Å². The van der Waals surface area contributed by atoms with E-state index < -0.39 is 0 Å². The molecule has 0 radical (unpaired) electrons. The highest BCUT2D eigenvalue weighted by molar-refractivity contribution is 7.09. The van der Waals surface area contributed by atoms with Crippen LogP contribution in [0.3, 0.4) is 0 Å². The molecule has 2 nitrogen and oxygen atoms in total. The summed E-state index contributed by atoms with van der Waals surface area (Å²) in [6, 6.07) is 0. The molecule has 1 aromatic heterocycles. The van der Waals surface area contributed by atoms with E-state index in [4.69, 9.17) is 4.98 Å². The van der Waals surface area contributed by atoms with Crippen molar-refractivity contribution in [1.29, 1.82) is 0 Å². The van der Waals surface area contributed by atoms with Crippen molar-refractivity contribution in [2.24, 2.45) is 5.92 Å². The maximum Gasteiger partial charge on any atom is 0.0931 e. The topological polar surface area (TPSA) is 24.9 Å². The lowest BCUT2D eigenvalue weighted by Crippen LogP contribution is -2.36. The van der Waals surface area contributed by atoms with Crippen molar-refractivity contribution in [1.82, 2.24) is 10.3 Å². The third-order valence-electron chi connectivity index (χ3n) is 2.97. The largest absolute Gasteiger partial charge is 0.307 e. The van der Waals surface area contributed by atoms with Crippen LogP contribution in [0.2, 0.25) is 0 Å². The van der Waals surface area contributed by atoms with Crippen LogP contribution < -0.4 is 5.32 Å². The predicted molar refractivity (Wildman–Crippen MR) is 65.2 cm³/mol. The number of thiazole rings is 1. The quantitative estimate of drug-likeness (QED) is 0.832. The van der Waals surface area contributed by atoms with Gasteiger partial charge in [0.2, 0.25) is 0 Å². The van der Waals surface area contributed by atoms with E-state index in [0.29, 0.717) is 0 Å². The van der Waals surface area contributed by atoms with Crippen LogP contribution in [-0.2, 0) is 12.0 Å². The van der Waals surface area contributed by atoms with Gasteiger partial charge in [0, 0.05) is 11.8 Å². The van der Waals surface area contributed by atoms with Crippen molar-refractivity contribution in [2.45, 2.75) is 45.6 Å². The van der Waals surface area contributed by atoms with Gasteiger partial charge in [0.1, 0.15) is 0 Å². The molecule has 0 aromatic carbocycles. The van der Waals surface area contributed by atoms with Gasteiger partial charge in [-0.25, -0.2) is 4.98 Å². The molecule has 1 N–H and O–H groups in total. The van der Waals surface area contributed by atoms with E-state index in [-0.39, 0.29) is 5.54 Å². The molecule has 0 amide bonds. The van der Waals surface area contributed by atoms with Gasteiger partial charge in [-0.2, -0.15) is 0 Å². The Labute approximate surface area is 96.1 Å². The first kappa shape index (κ1) is 11.1. The maximum atomic E-state index is 4.74. The maximum absolute atomic E-state index is 4.74. The summed E-state index contributed by atoms with van der Waals surface area (Å²) in [5.41, 5.74) is 1.22. The average Bonchev–Trinajstić information content (AvgIpc) is 2.81. The van der Waals surface area contributed by atoms with Crippen LogP contribution in [0.25, 0.3) is 0 Å². The Kier molecular flexibility index (Phi) is 3.12. The van der Waals surface area contributed by atoms with Crippen molar-refractivity contribution in [2.75, 3.05) is 6.54 Å². The molecule has 1 aliphatic carbocycles. The molecular formula is C12H20N2S. The van der Waals surface area contributed by atoms with Crippen LogP contribution in [0.5, 0.6) is 0 Å². The summed E-state index contributed by atoms with van der Waals surface area (Å²) in [6.45, 7) is 7.53. The Bertz CT molecular complexity index is 326. The SMILES string of the molecule is CCNC(C)(C)c1csc(CC2CC2)n1. The molecular weight excluding hydrogens is 204 g/mol. The molecule has 15 heavy (non-hydrogen) atoms. The minimum atomic E-state index is 0.0209. The Balaban J connectivity index is 2.04. The van der Waals surface area contributed by atoms with E-state index in [9.17, 15) is 0 Å². The number of nitrogens with zero attached hydrogens (tertiary/aromatic N) is 1. The molecule has 2 rings (SSSR count). The number of nitrogens with one attached hydrogen (secondary N) is 1. The lowest BCUT2D eigenvalue weighted by molar-refractivity contribution is 0.405. The molecule has 0 aliphatic heterocycles. The van der Waals surface area contributed by atoms with Crippen molar-refractivity contribution in [3.63, 3.8) is 0 Å². The first-order chi connectivity index (χ1) is 7.12. The van der Waals surface area contributed by atoms with Crippen LogP contribution in [-0.4, -0.2) is 11.5 Å². The number of aromatic nitrogens is 1. The molecule has 1 heterocycles. The van der Waals surface area contributed by atoms with Gasteiger partial charge in [-0.3, -0.25) is 0 Å². The zero-order valence-corrected chi connectivity index (χ0v) is 10.7. The average molecular weight is 224 g/mol. The highest BCUT2D eigenvalue weighted by Crippen LogP contribution is 2.34. The van der Waals surface area contributed by atoms with Crippen molar-refractivity contribution >= 4 is 11.3 Å². The van der Waals surface area contributed by atoms with Crippen LogP contribution in [0.1, 0.15) is 44.3 Å². The first-order valence-electron chi connectivity index (χ1n) is 5.81. The van der Waals surface area contributed by atoms with E-state index in [1.807, 2.05) is 11.3 Å². The standard InChI is InChI=1S/C12H20N2S/c1-4-13-12(2,3)10-8-15-11(14-10)7-9-5-6-9/h8-9,13H,4-7H2,1-3H3. The monoisotopic (exact) mass is 224 g/mol. The summed E-state index contributed by atoms with van der Waals surface area (Å²) in [5.74, 6) is 0.936. The number of rotatable bonds is 5.